The Labute approximate surface area is 307 Å². The highest BCUT2D eigenvalue weighted by atomic mass is 32.2. The van der Waals surface area contributed by atoms with Crippen LogP contribution in [0.1, 0.15) is 31.8 Å². The first kappa shape index (κ1) is 37.2. The Hall–Kier alpha value is -6.53. The minimum absolute atomic E-state index is 0.0208. The number of urea groups is 1. The van der Waals surface area contributed by atoms with Gasteiger partial charge in [-0.05, 0) is 85.6 Å². The summed E-state index contributed by atoms with van der Waals surface area (Å²) in [5.41, 5.74) is 2.80. The Morgan fingerprint density at radius 2 is 0.907 bits per heavy atom. The van der Waals surface area contributed by atoms with Gasteiger partial charge in [-0.2, -0.15) is 16.8 Å². The molecule has 17 heteroatoms. The zero-order chi connectivity index (χ0) is 39.1. The summed E-state index contributed by atoms with van der Waals surface area (Å²) >= 11 is 0. The van der Waals surface area contributed by atoms with E-state index in [1.54, 1.807) is 26.0 Å². The summed E-state index contributed by atoms with van der Waals surface area (Å²) in [6.45, 7) is 3.46. The van der Waals surface area contributed by atoms with Crippen LogP contribution in [0.4, 0.5) is 27.5 Å². The van der Waals surface area contributed by atoms with Gasteiger partial charge in [0, 0.05) is 55.4 Å². The molecule has 6 rings (SSSR count). The lowest BCUT2D eigenvalue weighted by Crippen LogP contribution is -2.42. The first-order valence-corrected chi connectivity index (χ1v) is 18.7. The Morgan fingerprint density at radius 3 is 1.28 bits per heavy atom. The maximum absolute atomic E-state index is 13.1. The first-order chi connectivity index (χ1) is 25.4. The number of fused-ring (bicyclic) bond motifs is 2. The van der Waals surface area contributed by atoms with E-state index in [0.29, 0.717) is 33.9 Å². The molecule has 0 saturated carbocycles. The fraction of sp³-hybridized carbons (Fsp3) is 0.0541. The second-order valence-electron chi connectivity index (χ2n) is 12.1. The molecule has 0 heterocycles. The van der Waals surface area contributed by atoms with Gasteiger partial charge < -0.3 is 20.8 Å². The predicted molar refractivity (Wildman–Crippen MR) is 200 cm³/mol. The molecule has 0 fully saturated rings. The topological polar surface area (TPSA) is 249 Å². The van der Waals surface area contributed by atoms with Crippen LogP contribution in [-0.2, 0) is 20.2 Å². The highest BCUT2D eigenvalue weighted by Gasteiger charge is 2.22. The molecule has 6 aromatic rings. The highest BCUT2D eigenvalue weighted by molar-refractivity contribution is 7.86. The van der Waals surface area contributed by atoms with Gasteiger partial charge in [0.05, 0.1) is 0 Å². The fourth-order valence-corrected chi connectivity index (χ4v) is 7.25. The standard InChI is InChI=1S/C37H30N4O11S2/c1-19-9-11-21(17-27(19)38-25-13-15-31(53(47,48)49)33-23(25)5-3-7-29(33)42)35(44)40-37(46)41-36(45)22-12-10-20(2)28(18-22)39-26-14-16-32(54(50,51)52)34-24(26)6-4-8-30(34)43/h3-18,38-39,42-43H,1-2H3,(H,47,48,49)(H,50,51,52)(H2,40,41,44,45,46). The van der Waals surface area contributed by atoms with Gasteiger partial charge in [-0.1, -0.05) is 36.4 Å². The highest BCUT2D eigenvalue weighted by Crippen LogP contribution is 2.38. The number of phenolic OH excluding ortho intramolecular Hbond substituents is 2. The van der Waals surface area contributed by atoms with Crippen molar-refractivity contribution in [3.8, 4) is 11.5 Å². The number of carbonyl (C=O) groups excluding carboxylic acids is 3. The van der Waals surface area contributed by atoms with Crippen LogP contribution < -0.4 is 21.3 Å². The number of hydrogen-bond acceptors (Lipinski definition) is 11. The van der Waals surface area contributed by atoms with Crippen LogP contribution in [0.5, 0.6) is 11.5 Å². The second kappa shape index (κ2) is 14.1. The SMILES string of the molecule is Cc1ccc(C(=O)NC(=O)NC(=O)c2ccc(C)c(Nc3ccc(S(=O)(=O)O)c4c(O)cccc34)c2)cc1Nc1ccc(S(=O)(=O)O)c2c(O)cccc12. The minimum Gasteiger partial charge on any atom is -0.507 e. The molecule has 0 aliphatic heterocycles. The van der Waals surface area contributed by atoms with Crippen molar-refractivity contribution in [3.05, 3.63) is 119 Å². The Kier molecular flexibility index (Phi) is 9.74. The molecule has 0 aliphatic carbocycles. The molecule has 0 unspecified atom stereocenters. The van der Waals surface area contributed by atoms with Gasteiger partial charge in [0.2, 0.25) is 0 Å². The van der Waals surface area contributed by atoms with Crippen molar-refractivity contribution in [1.29, 1.82) is 0 Å². The van der Waals surface area contributed by atoms with Crippen LogP contribution in [0, 0.1) is 13.8 Å². The zero-order valence-corrected chi connectivity index (χ0v) is 29.8. The van der Waals surface area contributed by atoms with Crippen molar-refractivity contribution in [2.45, 2.75) is 23.6 Å². The number of aromatic hydroxyl groups is 2. The third-order valence-electron chi connectivity index (χ3n) is 8.51. The van der Waals surface area contributed by atoms with Gasteiger partial charge in [-0.15, -0.1) is 0 Å². The molecule has 276 valence electrons. The second-order valence-corrected chi connectivity index (χ2v) is 14.9. The molecule has 0 aliphatic rings. The van der Waals surface area contributed by atoms with E-state index in [0.717, 1.165) is 12.1 Å². The lowest BCUT2D eigenvalue weighted by atomic mass is 10.1. The van der Waals surface area contributed by atoms with E-state index in [9.17, 15) is 50.5 Å². The molecule has 0 radical (unpaired) electrons. The number of aryl methyl sites for hydroxylation is 2. The molecular weight excluding hydrogens is 741 g/mol. The Morgan fingerprint density at radius 1 is 0.519 bits per heavy atom. The van der Waals surface area contributed by atoms with Crippen LogP contribution in [0.2, 0.25) is 0 Å². The molecule has 0 aromatic heterocycles. The van der Waals surface area contributed by atoms with E-state index >= 15 is 0 Å². The van der Waals surface area contributed by atoms with Crippen molar-refractivity contribution < 1.29 is 50.5 Å². The predicted octanol–water partition coefficient (Wildman–Crippen LogP) is 6.28. The quantitative estimate of drug-likeness (QED) is 0.0795. The van der Waals surface area contributed by atoms with E-state index in [1.807, 2.05) is 0 Å². The Balaban J connectivity index is 1.18. The number of carbonyl (C=O) groups is 3. The molecule has 4 amide bonds. The van der Waals surface area contributed by atoms with Crippen molar-refractivity contribution in [1.82, 2.24) is 10.6 Å². The molecule has 8 N–H and O–H groups in total. The zero-order valence-electron chi connectivity index (χ0n) is 28.2. The molecule has 0 saturated heterocycles. The van der Waals surface area contributed by atoms with Crippen LogP contribution in [-0.4, -0.2) is 54.0 Å². The van der Waals surface area contributed by atoms with Gasteiger partial charge in [0.25, 0.3) is 32.1 Å². The summed E-state index contributed by atoms with van der Waals surface area (Å²) in [6, 6.07) is 21.4. The van der Waals surface area contributed by atoms with Gasteiger partial charge in [0.15, 0.2) is 0 Å². The molecular formula is C37H30N4O11S2. The van der Waals surface area contributed by atoms with Crippen molar-refractivity contribution in [3.63, 3.8) is 0 Å². The molecule has 0 bridgehead atoms. The number of rotatable bonds is 8. The molecule has 0 spiro atoms. The summed E-state index contributed by atoms with van der Waals surface area (Å²) in [4.78, 5) is 38.0. The normalized spacial score (nSPS) is 11.6. The number of imide groups is 2. The van der Waals surface area contributed by atoms with E-state index in [4.69, 9.17) is 0 Å². The molecule has 54 heavy (non-hydrogen) atoms. The minimum atomic E-state index is -4.67. The number of phenols is 2. The lowest BCUT2D eigenvalue weighted by Gasteiger charge is -2.16. The summed E-state index contributed by atoms with van der Waals surface area (Å²) in [6.07, 6.45) is 0. The van der Waals surface area contributed by atoms with Crippen LogP contribution in [0.15, 0.2) is 107 Å². The van der Waals surface area contributed by atoms with Gasteiger partial charge in [-0.25, -0.2) is 4.79 Å². The van der Waals surface area contributed by atoms with Gasteiger partial charge in [0.1, 0.15) is 21.3 Å². The summed E-state index contributed by atoms with van der Waals surface area (Å²) in [5, 5.41) is 31.5. The summed E-state index contributed by atoms with van der Waals surface area (Å²) in [5.74, 6) is -2.48. The molecule has 0 atom stereocenters. The number of benzene rings is 6. The number of anilines is 4. The van der Waals surface area contributed by atoms with Crippen LogP contribution in [0.3, 0.4) is 0 Å². The maximum Gasteiger partial charge on any atom is 0.328 e. The first-order valence-electron chi connectivity index (χ1n) is 15.8. The van der Waals surface area contributed by atoms with E-state index in [1.165, 1.54) is 72.8 Å². The molecule has 6 aromatic carbocycles. The van der Waals surface area contributed by atoms with E-state index in [-0.39, 0.29) is 44.2 Å². The average Bonchev–Trinajstić information content (AvgIpc) is 3.09. The van der Waals surface area contributed by atoms with Gasteiger partial charge in [-0.3, -0.25) is 29.3 Å². The smallest absolute Gasteiger partial charge is 0.328 e. The van der Waals surface area contributed by atoms with Gasteiger partial charge >= 0.3 is 6.03 Å². The number of hydrogen-bond donors (Lipinski definition) is 8. The number of nitrogens with one attached hydrogen (secondary N) is 4. The fourth-order valence-electron chi connectivity index (χ4n) is 5.83. The van der Waals surface area contributed by atoms with Crippen molar-refractivity contribution in [2.24, 2.45) is 0 Å². The third kappa shape index (κ3) is 7.50. The maximum atomic E-state index is 13.1. The largest absolute Gasteiger partial charge is 0.507 e. The monoisotopic (exact) mass is 770 g/mol. The van der Waals surface area contributed by atoms with E-state index in [2.05, 4.69) is 21.3 Å². The van der Waals surface area contributed by atoms with Crippen LogP contribution in [0.25, 0.3) is 21.5 Å². The van der Waals surface area contributed by atoms with Crippen molar-refractivity contribution >= 4 is 82.4 Å². The summed E-state index contributed by atoms with van der Waals surface area (Å²) < 4.78 is 67.2. The Bertz CT molecular complexity index is 2600. The third-order valence-corrected chi connectivity index (χ3v) is 10.3. The lowest BCUT2D eigenvalue weighted by molar-refractivity contribution is 0.0944. The molecule has 15 nitrogen and oxygen atoms in total. The van der Waals surface area contributed by atoms with E-state index < -0.39 is 47.9 Å². The van der Waals surface area contributed by atoms with Crippen LogP contribution >= 0.6 is 0 Å². The number of amides is 4. The summed E-state index contributed by atoms with van der Waals surface area (Å²) in [7, 11) is -9.35. The van der Waals surface area contributed by atoms with Crippen molar-refractivity contribution in [2.75, 3.05) is 10.6 Å². The average molecular weight is 771 g/mol.